The summed E-state index contributed by atoms with van der Waals surface area (Å²) in [5.74, 6) is 0.0484. The molecule has 1 aromatic heterocycles. The van der Waals surface area contributed by atoms with Crippen molar-refractivity contribution in [2.24, 2.45) is 7.05 Å². The lowest BCUT2D eigenvalue weighted by molar-refractivity contribution is -0.122. The van der Waals surface area contributed by atoms with Gasteiger partial charge in [0.2, 0.25) is 5.91 Å². The number of amides is 1. The zero-order valence-corrected chi connectivity index (χ0v) is 13.1. The summed E-state index contributed by atoms with van der Waals surface area (Å²) >= 11 is 6.14. The molecule has 1 amide bonds. The molecule has 2 N–H and O–H groups in total. The number of halogens is 1. The summed E-state index contributed by atoms with van der Waals surface area (Å²) in [5.41, 5.74) is 1.58. The maximum atomic E-state index is 11.6. The van der Waals surface area contributed by atoms with Crippen LogP contribution in [0, 0.1) is 6.92 Å². The Bertz CT molecular complexity index is 448. The predicted octanol–water partition coefficient (Wildman–Crippen LogP) is 1.78. The summed E-state index contributed by atoms with van der Waals surface area (Å²) in [6, 6.07) is 0. The monoisotopic (exact) mass is 286 g/mol. The van der Waals surface area contributed by atoms with Gasteiger partial charge < -0.3 is 10.6 Å². The molecule has 0 aliphatic carbocycles. The smallest absolute Gasteiger partial charge is 0.221 e. The lowest BCUT2D eigenvalue weighted by Crippen LogP contribution is -2.41. The van der Waals surface area contributed by atoms with Crippen LogP contribution >= 0.6 is 11.6 Å². The van der Waals surface area contributed by atoms with Crippen molar-refractivity contribution in [2.75, 3.05) is 6.54 Å². The van der Waals surface area contributed by atoms with Crippen molar-refractivity contribution >= 4 is 17.5 Å². The van der Waals surface area contributed by atoms with E-state index in [-0.39, 0.29) is 11.4 Å². The van der Waals surface area contributed by atoms with E-state index in [4.69, 9.17) is 11.6 Å². The van der Waals surface area contributed by atoms with Gasteiger partial charge in [0.05, 0.1) is 16.4 Å². The fraction of sp³-hybridized carbons (Fsp3) is 0.692. The van der Waals surface area contributed by atoms with Crippen molar-refractivity contribution in [3.8, 4) is 0 Å². The molecule has 1 heterocycles. The van der Waals surface area contributed by atoms with Crippen molar-refractivity contribution in [2.45, 2.75) is 46.2 Å². The Hall–Kier alpha value is -1.07. The van der Waals surface area contributed by atoms with Gasteiger partial charge in [-0.15, -0.1) is 0 Å². The molecule has 0 atom stereocenters. The first-order valence-corrected chi connectivity index (χ1v) is 6.78. The third-order valence-corrected chi connectivity index (χ3v) is 3.09. The summed E-state index contributed by atoms with van der Waals surface area (Å²) in [6.07, 6.45) is 0.450. The van der Waals surface area contributed by atoms with Gasteiger partial charge in [0.25, 0.3) is 0 Å². The first kappa shape index (κ1) is 16.0. The molecule has 0 saturated heterocycles. The average molecular weight is 287 g/mol. The quantitative estimate of drug-likeness (QED) is 0.811. The number of carbonyl (C=O) groups is 1. The fourth-order valence-electron chi connectivity index (χ4n) is 1.76. The Kier molecular flexibility index (Phi) is 5.38. The normalized spacial score (nSPS) is 11.7. The molecule has 0 aliphatic heterocycles. The molecule has 0 radical (unpaired) electrons. The van der Waals surface area contributed by atoms with Crippen molar-refractivity contribution in [1.29, 1.82) is 0 Å². The van der Waals surface area contributed by atoms with Crippen LogP contribution in [0.25, 0.3) is 0 Å². The fourth-order valence-corrected chi connectivity index (χ4v) is 1.99. The summed E-state index contributed by atoms with van der Waals surface area (Å²) in [4.78, 5) is 11.6. The van der Waals surface area contributed by atoms with Gasteiger partial charge in [-0.3, -0.25) is 9.48 Å². The molecule has 108 valence electrons. The van der Waals surface area contributed by atoms with Crippen LogP contribution in [0.3, 0.4) is 0 Å². The molecular weight excluding hydrogens is 264 g/mol. The van der Waals surface area contributed by atoms with Crippen LogP contribution in [0.15, 0.2) is 0 Å². The summed E-state index contributed by atoms with van der Waals surface area (Å²) in [7, 11) is 1.86. The van der Waals surface area contributed by atoms with Crippen molar-refractivity contribution in [1.82, 2.24) is 20.4 Å². The first-order valence-electron chi connectivity index (χ1n) is 6.40. The second-order valence-corrected chi connectivity index (χ2v) is 6.07. The van der Waals surface area contributed by atoms with E-state index in [1.807, 2.05) is 34.7 Å². The van der Waals surface area contributed by atoms with Gasteiger partial charge in [-0.25, -0.2) is 0 Å². The first-order chi connectivity index (χ1) is 8.70. The van der Waals surface area contributed by atoms with Crippen LogP contribution in [-0.4, -0.2) is 27.8 Å². The number of carbonyl (C=O) groups excluding carboxylic acids is 1. The summed E-state index contributed by atoms with van der Waals surface area (Å²) in [6.45, 7) is 9.01. The molecule has 0 unspecified atom stereocenters. The standard InChI is InChI=1S/C13H23ClN4O/c1-9-12(14)10(18(5)17-9)8-15-7-6-11(19)16-13(2,3)4/h15H,6-8H2,1-5H3,(H,16,19). The maximum Gasteiger partial charge on any atom is 0.221 e. The zero-order valence-electron chi connectivity index (χ0n) is 12.3. The Balaban J connectivity index is 2.33. The average Bonchev–Trinajstić information content (AvgIpc) is 2.47. The van der Waals surface area contributed by atoms with Gasteiger partial charge >= 0.3 is 0 Å². The summed E-state index contributed by atoms with van der Waals surface area (Å²) < 4.78 is 1.76. The molecule has 1 aromatic rings. The SMILES string of the molecule is Cc1nn(C)c(CNCCC(=O)NC(C)(C)C)c1Cl. The van der Waals surface area contributed by atoms with Crippen LogP contribution in [-0.2, 0) is 18.4 Å². The van der Waals surface area contributed by atoms with E-state index < -0.39 is 0 Å². The van der Waals surface area contributed by atoms with E-state index in [9.17, 15) is 4.79 Å². The van der Waals surface area contributed by atoms with Crippen molar-refractivity contribution in [3.05, 3.63) is 16.4 Å². The highest BCUT2D eigenvalue weighted by atomic mass is 35.5. The Labute approximate surface area is 119 Å². The zero-order chi connectivity index (χ0) is 14.6. The Morgan fingerprint density at radius 1 is 1.42 bits per heavy atom. The van der Waals surface area contributed by atoms with Crippen molar-refractivity contribution in [3.63, 3.8) is 0 Å². The van der Waals surface area contributed by atoms with Crippen LogP contribution in [0.5, 0.6) is 0 Å². The second-order valence-electron chi connectivity index (χ2n) is 5.69. The van der Waals surface area contributed by atoms with E-state index in [1.54, 1.807) is 4.68 Å². The third-order valence-electron chi connectivity index (χ3n) is 2.60. The van der Waals surface area contributed by atoms with Crippen LogP contribution < -0.4 is 10.6 Å². The largest absolute Gasteiger partial charge is 0.351 e. The van der Waals surface area contributed by atoms with Gasteiger partial charge in [-0.05, 0) is 27.7 Å². The minimum absolute atomic E-state index is 0.0484. The lowest BCUT2D eigenvalue weighted by atomic mass is 10.1. The maximum absolute atomic E-state index is 11.6. The molecule has 0 spiro atoms. The number of aromatic nitrogens is 2. The number of aryl methyl sites for hydroxylation is 2. The van der Waals surface area contributed by atoms with Gasteiger partial charge in [0.15, 0.2) is 0 Å². The Morgan fingerprint density at radius 2 is 2.05 bits per heavy atom. The van der Waals surface area contributed by atoms with Crippen LogP contribution in [0.4, 0.5) is 0 Å². The molecule has 0 bridgehead atoms. The molecule has 5 nitrogen and oxygen atoms in total. The predicted molar refractivity (Wildman–Crippen MR) is 77.2 cm³/mol. The van der Waals surface area contributed by atoms with E-state index >= 15 is 0 Å². The number of nitrogens with one attached hydrogen (secondary N) is 2. The lowest BCUT2D eigenvalue weighted by Gasteiger charge is -2.20. The molecule has 0 saturated carbocycles. The number of hydrogen-bond acceptors (Lipinski definition) is 3. The second kappa shape index (κ2) is 6.39. The minimum Gasteiger partial charge on any atom is -0.351 e. The highest BCUT2D eigenvalue weighted by Gasteiger charge is 2.13. The number of nitrogens with zero attached hydrogens (tertiary/aromatic N) is 2. The molecule has 1 rings (SSSR count). The highest BCUT2D eigenvalue weighted by molar-refractivity contribution is 6.31. The molecule has 0 aromatic carbocycles. The highest BCUT2D eigenvalue weighted by Crippen LogP contribution is 2.18. The molecule has 6 heteroatoms. The number of hydrogen-bond donors (Lipinski definition) is 2. The van der Waals surface area contributed by atoms with Gasteiger partial charge in [0, 0.05) is 32.1 Å². The van der Waals surface area contributed by atoms with Crippen molar-refractivity contribution < 1.29 is 4.79 Å². The van der Waals surface area contributed by atoms with Gasteiger partial charge in [-0.2, -0.15) is 5.10 Å². The van der Waals surface area contributed by atoms with Crippen LogP contribution in [0.1, 0.15) is 38.6 Å². The van der Waals surface area contributed by atoms with E-state index in [2.05, 4.69) is 15.7 Å². The van der Waals surface area contributed by atoms with E-state index in [0.717, 1.165) is 11.4 Å². The minimum atomic E-state index is -0.181. The molecule has 0 fully saturated rings. The topological polar surface area (TPSA) is 59.0 Å². The number of rotatable bonds is 5. The summed E-state index contributed by atoms with van der Waals surface area (Å²) in [5, 5.41) is 11.1. The molecule has 0 aliphatic rings. The third kappa shape index (κ3) is 5.20. The molecular formula is C13H23ClN4O. The Morgan fingerprint density at radius 3 is 2.53 bits per heavy atom. The van der Waals surface area contributed by atoms with E-state index in [1.165, 1.54) is 0 Å². The van der Waals surface area contributed by atoms with Gasteiger partial charge in [-0.1, -0.05) is 11.6 Å². The molecule has 19 heavy (non-hydrogen) atoms. The van der Waals surface area contributed by atoms with Crippen LogP contribution in [0.2, 0.25) is 5.02 Å². The van der Waals surface area contributed by atoms with E-state index in [0.29, 0.717) is 24.5 Å². The van der Waals surface area contributed by atoms with Gasteiger partial charge in [0.1, 0.15) is 0 Å².